The quantitative estimate of drug-likeness (QED) is 0.264. The van der Waals surface area contributed by atoms with E-state index in [0.29, 0.717) is 34.8 Å². The van der Waals surface area contributed by atoms with Crippen molar-refractivity contribution in [1.82, 2.24) is 0 Å². The normalized spacial score (nSPS) is 9.75. The summed E-state index contributed by atoms with van der Waals surface area (Å²) in [6.07, 6.45) is 3.15. The molecule has 0 spiro atoms. The summed E-state index contributed by atoms with van der Waals surface area (Å²) in [7, 11) is 0. The molecule has 0 unspecified atom stereocenters. The van der Waals surface area contributed by atoms with Crippen LogP contribution in [0.1, 0.15) is 15.9 Å². The predicted molar refractivity (Wildman–Crippen MR) is 99.6 cm³/mol. The van der Waals surface area contributed by atoms with Gasteiger partial charge in [-0.05, 0) is 88.0 Å². The third kappa shape index (κ3) is 3.65. The minimum absolute atomic E-state index is 0.241. The number of nitriles is 2. The van der Waals surface area contributed by atoms with E-state index in [1.807, 2.05) is 0 Å². The maximum atomic E-state index is 12.8. The summed E-state index contributed by atoms with van der Waals surface area (Å²) < 4.78 is 11.3. The maximum absolute atomic E-state index is 12.8. The molecule has 0 aromatic heterocycles. The SMILES string of the molecule is N#COc1ccc(C(=O)c2c(Br)c(Br)c(OC#N)c(Br)c2Br)cc1. The van der Waals surface area contributed by atoms with Crippen LogP contribution in [0, 0.1) is 23.0 Å². The lowest BCUT2D eigenvalue weighted by Gasteiger charge is -2.14. The average Bonchev–Trinajstić information content (AvgIpc) is 2.58. The predicted octanol–water partition coefficient (Wildman–Crippen LogP) is 5.69. The highest BCUT2D eigenvalue weighted by Crippen LogP contribution is 2.47. The van der Waals surface area contributed by atoms with Crippen molar-refractivity contribution in [2.45, 2.75) is 0 Å². The number of rotatable bonds is 4. The molecule has 2 aromatic rings. The number of carbonyl (C=O) groups excluding carboxylic acids is 1. The van der Waals surface area contributed by atoms with Crippen molar-refractivity contribution in [1.29, 1.82) is 10.5 Å². The Morgan fingerprint density at radius 3 is 1.79 bits per heavy atom. The number of ether oxygens (including phenoxy) is 2. The first-order valence-corrected chi connectivity index (χ1v) is 9.22. The van der Waals surface area contributed by atoms with Crippen LogP contribution in [0.5, 0.6) is 11.5 Å². The van der Waals surface area contributed by atoms with Crippen LogP contribution >= 0.6 is 63.7 Å². The number of carbonyl (C=O) groups is 1. The van der Waals surface area contributed by atoms with Crippen LogP contribution in [0.15, 0.2) is 42.2 Å². The van der Waals surface area contributed by atoms with E-state index in [1.165, 1.54) is 12.1 Å². The van der Waals surface area contributed by atoms with Gasteiger partial charge in [-0.2, -0.15) is 0 Å². The fourth-order valence-electron chi connectivity index (χ4n) is 1.82. The second-order valence-electron chi connectivity index (χ2n) is 4.20. The molecule has 2 aromatic carbocycles. The molecule has 0 N–H and O–H groups in total. The Labute approximate surface area is 170 Å². The molecule has 0 saturated heterocycles. The Hall–Kier alpha value is -1.39. The monoisotopic (exact) mass is 576 g/mol. The Balaban J connectivity index is 2.54. The molecule has 0 heterocycles. The Kier molecular flexibility index (Phi) is 6.41. The molecule has 0 bridgehead atoms. The van der Waals surface area contributed by atoms with Gasteiger partial charge in [0, 0.05) is 14.5 Å². The Morgan fingerprint density at radius 1 is 0.833 bits per heavy atom. The van der Waals surface area contributed by atoms with Gasteiger partial charge in [0.1, 0.15) is 5.75 Å². The van der Waals surface area contributed by atoms with E-state index in [4.69, 9.17) is 15.3 Å². The van der Waals surface area contributed by atoms with Crippen LogP contribution in [0.4, 0.5) is 0 Å². The molecule has 0 saturated carbocycles. The van der Waals surface area contributed by atoms with E-state index >= 15 is 0 Å². The lowest BCUT2D eigenvalue weighted by Crippen LogP contribution is -2.05. The highest BCUT2D eigenvalue weighted by atomic mass is 79.9. The van der Waals surface area contributed by atoms with Gasteiger partial charge in [0.25, 0.3) is 12.5 Å². The van der Waals surface area contributed by atoms with Crippen LogP contribution in [0.2, 0.25) is 0 Å². The minimum atomic E-state index is -0.276. The van der Waals surface area contributed by atoms with Gasteiger partial charge >= 0.3 is 0 Å². The third-order valence-corrected chi connectivity index (χ3v) is 7.04. The number of halogens is 4. The average molecular weight is 580 g/mol. The van der Waals surface area contributed by atoms with Crippen molar-refractivity contribution in [3.8, 4) is 24.0 Å². The molecule has 24 heavy (non-hydrogen) atoms. The lowest BCUT2D eigenvalue weighted by molar-refractivity contribution is 0.103. The van der Waals surface area contributed by atoms with Gasteiger partial charge in [-0.1, -0.05) is 0 Å². The number of nitrogens with zero attached hydrogens (tertiary/aromatic N) is 2. The first-order valence-electron chi connectivity index (χ1n) is 6.05. The number of benzene rings is 2. The smallest absolute Gasteiger partial charge is 0.292 e. The molecule has 0 aliphatic heterocycles. The molecule has 2 rings (SSSR count). The van der Waals surface area contributed by atoms with Crippen LogP contribution in [-0.4, -0.2) is 5.78 Å². The third-order valence-electron chi connectivity index (χ3n) is 2.88. The maximum Gasteiger partial charge on any atom is 0.292 e. The zero-order chi connectivity index (χ0) is 17.9. The largest absolute Gasteiger partial charge is 0.388 e. The van der Waals surface area contributed by atoms with Crippen molar-refractivity contribution in [3.05, 3.63) is 53.3 Å². The molecule has 0 aliphatic rings. The van der Waals surface area contributed by atoms with E-state index in [-0.39, 0.29) is 11.5 Å². The summed E-state index contributed by atoms with van der Waals surface area (Å²) in [5, 5.41) is 17.2. The summed E-state index contributed by atoms with van der Waals surface area (Å²) in [5.41, 5.74) is 0.738. The summed E-state index contributed by atoms with van der Waals surface area (Å²) in [6.45, 7) is 0. The number of hydrogen-bond acceptors (Lipinski definition) is 5. The Bertz CT molecular complexity index is 870. The van der Waals surface area contributed by atoms with Crippen molar-refractivity contribution < 1.29 is 14.3 Å². The van der Waals surface area contributed by atoms with Crippen molar-refractivity contribution in [2.24, 2.45) is 0 Å². The van der Waals surface area contributed by atoms with E-state index in [2.05, 4.69) is 68.5 Å². The highest BCUT2D eigenvalue weighted by molar-refractivity contribution is 9.14. The van der Waals surface area contributed by atoms with E-state index in [9.17, 15) is 4.79 Å². The van der Waals surface area contributed by atoms with Crippen molar-refractivity contribution in [2.75, 3.05) is 0 Å². The zero-order valence-electron chi connectivity index (χ0n) is 11.4. The molecule has 9 heteroatoms. The number of hydrogen-bond donors (Lipinski definition) is 0. The summed E-state index contributed by atoms with van der Waals surface area (Å²) in [4.78, 5) is 12.8. The molecular weight excluding hydrogens is 576 g/mol. The summed E-state index contributed by atoms with van der Waals surface area (Å²) in [6, 6.07) is 6.15. The second-order valence-corrected chi connectivity index (χ2v) is 7.37. The molecule has 0 atom stereocenters. The molecular formula is C15H4Br4N2O3. The van der Waals surface area contributed by atoms with Crippen LogP contribution in [0.25, 0.3) is 0 Å². The van der Waals surface area contributed by atoms with Crippen molar-refractivity contribution >= 4 is 69.5 Å². The van der Waals surface area contributed by atoms with Gasteiger partial charge in [-0.3, -0.25) is 4.79 Å². The van der Waals surface area contributed by atoms with E-state index in [1.54, 1.807) is 24.6 Å². The highest BCUT2D eigenvalue weighted by Gasteiger charge is 2.25. The van der Waals surface area contributed by atoms with Gasteiger partial charge < -0.3 is 9.47 Å². The van der Waals surface area contributed by atoms with Crippen LogP contribution in [0.3, 0.4) is 0 Å². The molecule has 0 radical (unpaired) electrons. The van der Waals surface area contributed by atoms with E-state index < -0.39 is 0 Å². The Morgan fingerprint density at radius 2 is 1.33 bits per heavy atom. The fourth-order valence-corrected chi connectivity index (χ4v) is 4.42. The lowest BCUT2D eigenvalue weighted by atomic mass is 10.0. The summed E-state index contributed by atoms with van der Waals surface area (Å²) in [5.74, 6) is 0.306. The number of ketones is 1. The molecule has 0 amide bonds. The first-order chi connectivity index (χ1) is 11.4. The van der Waals surface area contributed by atoms with Crippen molar-refractivity contribution in [3.63, 3.8) is 0 Å². The minimum Gasteiger partial charge on any atom is -0.388 e. The van der Waals surface area contributed by atoms with Gasteiger partial charge in [0.05, 0.1) is 14.5 Å². The van der Waals surface area contributed by atoms with E-state index in [0.717, 1.165) is 0 Å². The van der Waals surface area contributed by atoms with Gasteiger partial charge in [-0.15, -0.1) is 10.5 Å². The molecule has 120 valence electrons. The fraction of sp³-hybridized carbons (Fsp3) is 0. The van der Waals surface area contributed by atoms with Gasteiger partial charge in [0.15, 0.2) is 11.5 Å². The summed E-state index contributed by atoms with van der Waals surface area (Å²) >= 11 is 13.3. The first kappa shape index (κ1) is 18.9. The molecule has 0 fully saturated rings. The second kappa shape index (κ2) is 8.13. The zero-order valence-corrected chi connectivity index (χ0v) is 17.8. The van der Waals surface area contributed by atoms with Gasteiger partial charge in [-0.25, -0.2) is 0 Å². The standard InChI is InChI=1S/C15H4Br4N2O3/c16-10-9(11(17)13(19)15(12(10)18)24-6-21)14(22)7-1-3-8(4-2-7)23-5-20/h1-4H. The van der Waals surface area contributed by atoms with Gasteiger partial charge in [0.2, 0.25) is 0 Å². The molecule has 0 aliphatic carbocycles. The molecule has 5 nitrogen and oxygen atoms in total. The van der Waals surface area contributed by atoms with Crippen LogP contribution in [-0.2, 0) is 0 Å². The topological polar surface area (TPSA) is 83.1 Å². The van der Waals surface area contributed by atoms with Crippen LogP contribution < -0.4 is 9.47 Å².